The normalized spacial score (nSPS) is 12.6. The largest absolute Gasteiger partial charge is 0.458 e. The summed E-state index contributed by atoms with van der Waals surface area (Å²) in [5.41, 5.74) is 3.10. The molecule has 7 nitrogen and oxygen atoms in total. The Labute approximate surface area is 193 Å². The van der Waals surface area contributed by atoms with Gasteiger partial charge in [-0.25, -0.2) is 9.78 Å². The van der Waals surface area contributed by atoms with Crippen LogP contribution in [0.3, 0.4) is 0 Å². The summed E-state index contributed by atoms with van der Waals surface area (Å²) in [6.45, 7) is 11.7. The van der Waals surface area contributed by atoms with Gasteiger partial charge < -0.3 is 10.1 Å². The highest BCUT2D eigenvalue weighted by Gasteiger charge is 2.26. The van der Waals surface area contributed by atoms with Crippen molar-refractivity contribution in [1.82, 2.24) is 14.7 Å². The quantitative estimate of drug-likeness (QED) is 0.578. The molecule has 0 aliphatic heterocycles. The fourth-order valence-electron chi connectivity index (χ4n) is 3.41. The van der Waals surface area contributed by atoms with Crippen molar-refractivity contribution in [2.24, 2.45) is 5.92 Å². The van der Waals surface area contributed by atoms with Crippen LogP contribution in [0.1, 0.15) is 61.8 Å². The molecule has 0 saturated heterocycles. The topological polar surface area (TPSA) is 89.8 Å². The van der Waals surface area contributed by atoms with Gasteiger partial charge in [-0.2, -0.15) is 0 Å². The molecule has 0 spiro atoms. The Hall–Kier alpha value is -3.48. The van der Waals surface area contributed by atoms with E-state index in [-0.39, 0.29) is 29.4 Å². The van der Waals surface area contributed by atoms with E-state index in [0.717, 1.165) is 11.1 Å². The third kappa shape index (κ3) is 5.86. The lowest BCUT2D eigenvalue weighted by atomic mass is 9.86. The predicted molar refractivity (Wildman–Crippen MR) is 127 cm³/mol. The fourth-order valence-corrected chi connectivity index (χ4v) is 3.41. The van der Waals surface area contributed by atoms with E-state index in [4.69, 9.17) is 4.74 Å². The highest BCUT2D eigenvalue weighted by Crippen LogP contribution is 2.22. The van der Waals surface area contributed by atoms with Crippen LogP contribution < -0.4 is 10.9 Å². The predicted octanol–water partition coefficient (Wildman–Crippen LogP) is 3.80. The van der Waals surface area contributed by atoms with Gasteiger partial charge in [-0.15, -0.1) is 0 Å². The molecule has 1 amide bonds. The second-order valence-electron chi connectivity index (χ2n) is 9.65. The van der Waals surface area contributed by atoms with E-state index in [1.807, 2.05) is 39.0 Å². The summed E-state index contributed by atoms with van der Waals surface area (Å²) in [5.74, 6) is -1.10. The van der Waals surface area contributed by atoms with E-state index < -0.39 is 12.0 Å². The second-order valence-corrected chi connectivity index (χ2v) is 9.65. The number of aryl methyl sites for hydroxylation is 1. The van der Waals surface area contributed by atoms with Crippen molar-refractivity contribution < 1.29 is 14.3 Å². The van der Waals surface area contributed by atoms with Crippen LogP contribution in [-0.2, 0) is 21.6 Å². The van der Waals surface area contributed by atoms with E-state index in [0.29, 0.717) is 16.9 Å². The Kier molecular flexibility index (Phi) is 7.01. The van der Waals surface area contributed by atoms with Crippen LogP contribution in [0.25, 0.3) is 5.65 Å². The molecule has 2 heterocycles. The van der Waals surface area contributed by atoms with Gasteiger partial charge in [0.2, 0.25) is 0 Å². The summed E-state index contributed by atoms with van der Waals surface area (Å²) < 4.78 is 6.86. The number of nitrogens with one attached hydrogen (secondary N) is 1. The standard InChI is InChI=1S/C26H31N3O4/c1-16(2)23(28-24(31)18-8-10-19(11-9-18)26(4,5)6)25(32)33-15-20-13-22(30)29-14-17(3)7-12-21(29)27-20/h7-14,16,23H,15H2,1-6H3,(H,28,31)/t23-/m0/s1. The van der Waals surface area contributed by atoms with Crippen molar-refractivity contribution in [3.8, 4) is 0 Å². The maximum atomic E-state index is 12.8. The molecule has 3 rings (SSSR count). The Balaban J connectivity index is 1.69. The molecule has 0 bridgehead atoms. The van der Waals surface area contributed by atoms with Crippen LogP contribution >= 0.6 is 0 Å². The van der Waals surface area contributed by atoms with Crippen LogP contribution in [0, 0.1) is 12.8 Å². The Bertz CT molecular complexity index is 1220. The molecule has 0 unspecified atom stereocenters. The van der Waals surface area contributed by atoms with E-state index in [1.54, 1.807) is 24.4 Å². The van der Waals surface area contributed by atoms with Crippen LogP contribution in [0.2, 0.25) is 0 Å². The molecule has 3 aromatic rings. The van der Waals surface area contributed by atoms with Gasteiger partial charge in [-0.1, -0.05) is 52.8 Å². The maximum absolute atomic E-state index is 12.8. The summed E-state index contributed by atoms with van der Waals surface area (Å²) in [6.07, 6.45) is 1.71. The maximum Gasteiger partial charge on any atom is 0.329 e. The number of carbonyl (C=O) groups is 2. The zero-order valence-electron chi connectivity index (χ0n) is 20.0. The molecule has 33 heavy (non-hydrogen) atoms. The molecule has 0 radical (unpaired) electrons. The minimum absolute atomic E-state index is 0.0165. The number of benzene rings is 1. The molecule has 0 saturated carbocycles. The first-order chi connectivity index (χ1) is 15.5. The van der Waals surface area contributed by atoms with Crippen molar-refractivity contribution in [1.29, 1.82) is 0 Å². The minimum Gasteiger partial charge on any atom is -0.458 e. The number of fused-ring (bicyclic) bond motifs is 1. The van der Waals surface area contributed by atoms with E-state index in [9.17, 15) is 14.4 Å². The number of hydrogen-bond donors (Lipinski definition) is 1. The highest BCUT2D eigenvalue weighted by molar-refractivity contribution is 5.96. The first-order valence-corrected chi connectivity index (χ1v) is 11.0. The number of ether oxygens (including phenoxy) is 1. The molecule has 2 aromatic heterocycles. The van der Waals surface area contributed by atoms with Crippen LogP contribution in [-0.4, -0.2) is 27.3 Å². The smallest absolute Gasteiger partial charge is 0.329 e. The summed E-state index contributed by atoms with van der Waals surface area (Å²) in [6, 6.07) is 11.5. The molecule has 1 aromatic carbocycles. The molecule has 0 fully saturated rings. The number of hydrogen-bond acceptors (Lipinski definition) is 5. The zero-order valence-corrected chi connectivity index (χ0v) is 20.0. The van der Waals surface area contributed by atoms with Crippen molar-refractivity contribution in [3.63, 3.8) is 0 Å². The van der Waals surface area contributed by atoms with Gasteiger partial charge in [0.05, 0.1) is 5.69 Å². The van der Waals surface area contributed by atoms with Gasteiger partial charge in [-0.05, 0) is 47.6 Å². The van der Waals surface area contributed by atoms with Gasteiger partial charge in [0.25, 0.3) is 11.5 Å². The molecule has 1 N–H and O–H groups in total. The third-order valence-electron chi connectivity index (χ3n) is 5.44. The Morgan fingerprint density at radius 2 is 1.76 bits per heavy atom. The number of nitrogens with zero attached hydrogens (tertiary/aromatic N) is 2. The van der Waals surface area contributed by atoms with E-state index in [2.05, 4.69) is 31.1 Å². The van der Waals surface area contributed by atoms with E-state index >= 15 is 0 Å². The van der Waals surface area contributed by atoms with Crippen molar-refractivity contribution in [2.45, 2.75) is 59.6 Å². The monoisotopic (exact) mass is 449 g/mol. The van der Waals surface area contributed by atoms with Gasteiger partial charge in [-0.3, -0.25) is 14.0 Å². The molecule has 7 heteroatoms. The van der Waals surface area contributed by atoms with Gasteiger partial charge >= 0.3 is 5.97 Å². The number of aromatic nitrogens is 2. The lowest BCUT2D eigenvalue weighted by Gasteiger charge is -2.22. The molecule has 1 atom stereocenters. The SMILES string of the molecule is Cc1ccc2nc(COC(=O)[C@@H](NC(=O)c3ccc(C(C)(C)C)cc3)C(C)C)cc(=O)n2c1. The number of pyridine rings is 1. The zero-order chi connectivity index (χ0) is 24.3. The number of esters is 1. The van der Waals surface area contributed by atoms with Crippen LogP contribution in [0.4, 0.5) is 0 Å². The van der Waals surface area contributed by atoms with Gasteiger partial charge in [0.1, 0.15) is 18.3 Å². The van der Waals surface area contributed by atoms with E-state index in [1.165, 1.54) is 10.5 Å². The number of carbonyl (C=O) groups excluding carboxylic acids is 2. The second kappa shape index (κ2) is 9.57. The Morgan fingerprint density at radius 3 is 2.36 bits per heavy atom. The third-order valence-corrected chi connectivity index (χ3v) is 5.44. The van der Waals surface area contributed by atoms with Crippen LogP contribution in [0.5, 0.6) is 0 Å². The number of amides is 1. The molecular formula is C26H31N3O4. The average molecular weight is 450 g/mol. The molecule has 0 aliphatic rings. The summed E-state index contributed by atoms with van der Waals surface area (Å²) in [7, 11) is 0. The summed E-state index contributed by atoms with van der Waals surface area (Å²) in [4.78, 5) is 42.2. The first kappa shape index (κ1) is 24.2. The van der Waals surface area contributed by atoms with Gasteiger partial charge in [0, 0.05) is 17.8 Å². The average Bonchev–Trinajstić information content (AvgIpc) is 2.75. The lowest BCUT2D eigenvalue weighted by Crippen LogP contribution is -2.45. The summed E-state index contributed by atoms with van der Waals surface area (Å²) in [5, 5.41) is 2.77. The fraction of sp³-hybridized carbons (Fsp3) is 0.385. The van der Waals surface area contributed by atoms with Crippen molar-refractivity contribution in [3.05, 3.63) is 81.4 Å². The molecule has 0 aliphatic carbocycles. The molecular weight excluding hydrogens is 418 g/mol. The molecule has 174 valence electrons. The number of rotatable bonds is 6. The van der Waals surface area contributed by atoms with Crippen molar-refractivity contribution >= 4 is 17.5 Å². The first-order valence-electron chi connectivity index (χ1n) is 11.0. The Morgan fingerprint density at radius 1 is 1.09 bits per heavy atom. The summed E-state index contributed by atoms with van der Waals surface area (Å²) >= 11 is 0. The highest BCUT2D eigenvalue weighted by atomic mass is 16.5. The lowest BCUT2D eigenvalue weighted by molar-refractivity contribution is -0.148. The van der Waals surface area contributed by atoms with Gasteiger partial charge in [0.15, 0.2) is 0 Å². The van der Waals surface area contributed by atoms with Crippen LogP contribution in [0.15, 0.2) is 53.5 Å². The van der Waals surface area contributed by atoms with Crippen molar-refractivity contribution in [2.75, 3.05) is 0 Å². The minimum atomic E-state index is -0.830.